The van der Waals surface area contributed by atoms with Crippen LogP contribution in [0.4, 0.5) is 4.39 Å². The third-order valence-electron chi connectivity index (χ3n) is 3.48. The van der Waals surface area contributed by atoms with Gasteiger partial charge in [0.15, 0.2) is 5.58 Å². The van der Waals surface area contributed by atoms with Gasteiger partial charge in [-0.2, -0.15) is 0 Å². The summed E-state index contributed by atoms with van der Waals surface area (Å²) in [6, 6.07) is 10.2. The van der Waals surface area contributed by atoms with Gasteiger partial charge in [0.05, 0.1) is 11.3 Å². The predicted molar refractivity (Wildman–Crippen MR) is 79.1 cm³/mol. The second kappa shape index (κ2) is 4.77. The van der Waals surface area contributed by atoms with Gasteiger partial charge in [0, 0.05) is 0 Å². The number of aryl methyl sites for hydroxylation is 1. The standard InChI is InChI=1S/C16H11FN4O/c1-10-6-11(21-8-18-19-9-21)7-14-15(10)22-16(20-14)12-4-2-3-5-13(12)17/h2-9H,1H3. The fourth-order valence-electron chi connectivity index (χ4n) is 2.41. The third kappa shape index (κ3) is 1.96. The fourth-order valence-corrected chi connectivity index (χ4v) is 2.41. The molecule has 0 saturated heterocycles. The Kier molecular flexibility index (Phi) is 2.75. The number of hydrogen-bond donors (Lipinski definition) is 0. The molecule has 0 N–H and O–H groups in total. The topological polar surface area (TPSA) is 56.7 Å². The Bertz CT molecular complexity index is 960. The molecule has 0 spiro atoms. The lowest BCUT2D eigenvalue weighted by molar-refractivity contribution is 0.592. The SMILES string of the molecule is Cc1cc(-n2cnnc2)cc2nc(-c3ccccc3F)oc12. The van der Waals surface area contributed by atoms with E-state index in [2.05, 4.69) is 15.2 Å². The first-order chi connectivity index (χ1) is 10.7. The van der Waals surface area contributed by atoms with Crippen molar-refractivity contribution in [1.29, 1.82) is 0 Å². The summed E-state index contributed by atoms with van der Waals surface area (Å²) in [6.45, 7) is 1.92. The summed E-state index contributed by atoms with van der Waals surface area (Å²) in [5.41, 5.74) is 3.46. The first-order valence-electron chi connectivity index (χ1n) is 6.73. The van der Waals surface area contributed by atoms with Gasteiger partial charge in [0.25, 0.3) is 0 Å². The van der Waals surface area contributed by atoms with Crippen molar-refractivity contribution in [3.8, 4) is 17.1 Å². The quantitative estimate of drug-likeness (QED) is 0.567. The minimum Gasteiger partial charge on any atom is -0.436 e. The van der Waals surface area contributed by atoms with Crippen LogP contribution in [0.2, 0.25) is 0 Å². The summed E-state index contributed by atoms with van der Waals surface area (Å²) < 4.78 is 21.4. The fraction of sp³-hybridized carbons (Fsp3) is 0.0625. The molecule has 0 bridgehead atoms. The average molecular weight is 294 g/mol. The van der Waals surface area contributed by atoms with Gasteiger partial charge in [-0.25, -0.2) is 9.37 Å². The first-order valence-corrected chi connectivity index (χ1v) is 6.73. The number of fused-ring (bicyclic) bond motifs is 1. The molecule has 2 heterocycles. The largest absolute Gasteiger partial charge is 0.436 e. The predicted octanol–water partition coefficient (Wildman–Crippen LogP) is 3.52. The smallest absolute Gasteiger partial charge is 0.230 e. The monoisotopic (exact) mass is 294 g/mol. The molecule has 0 amide bonds. The highest BCUT2D eigenvalue weighted by Crippen LogP contribution is 2.29. The molecule has 108 valence electrons. The van der Waals surface area contributed by atoms with Crippen LogP contribution < -0.4 is 0 Å². The van der Waals surface area contributed by atoms with Crippen LogP contribution >= 0.6 is 0 Å². The van der Waals surface area contributed by atoms with Gasteiger partial charge >= 0.3 is 0 Å². The molecule has 4 aromatic rings. The number of hydrogen-bond acceptors (Lipinski definition) is 4. The van der Waals surface area contributed by atoms with Crippen LogP contribution in [0.3, 0.4) is 0 Å². The number of halogens is 1. The van der Waals surface area contributed by atoms with Crippen molar-refractivity contribution < 1.29 is 8.81 Å². The molecule has 0 unspecified atom stereocenters. The van der Waals surface area contributed by atoms with Crippen molar-refractivity contribution in [2.75, 3.05) is 0 Å². The van der Waals surface area contributed by atoms with Crippen LogP contribution in [0.5, 0.6) is 0 Å². The molecule has 5 nitrogen and oxygen atoms in total. The maximum atomic E-state index is 13.9. The van der Waals surface area contributed by atoms with E-state index in [-0.39, 0.29) is 11.7 Å². The molecule has 0 aliphatic heterocycles. The van der Waals surface area contributed by atoms with E-state index in [1.165, 1.54) is 6.07 Å². The van der Waals surface area contributed by atoms with Gasteiger partial charge in [-0.05, 0) is 36.8 Å². The highest BCUT2D eigenvalue weighted by molar-refractivity contribution is 5.81. The van der Waals surface area contributed by atoms with E-state index in [0.717, 1.165) is 11.3 Å². The molecular weight excluding hydrogens is 283 g/mol. The normalized spacial score (nSPS) is 11.2. The van der Waals surface area contributed by atoms with Crippen LogP contribution in [-0.2, 0) is 0 Å². The van der Waals surface area contributed by atoms with E-state index in [1.807, 2.05) is 19.1 Å². The van der Waals surface area contributed by atoms with Crippen LogP contribution in [0, 0.1) is 12.7 Å². The Labute approximate surface area is 125 Å². The second-order valence-corrected chi connectivity index (χ2v) is 4.98. The van der Waals surface area contributed by atoms with Crippen LogP contribution in [0.25, 0.3) is 28.2 Å². The van der Waals surface area contributed by atoms with Crippen molar-refractivity contribution in [1.82, 2.24) is 19.7 Å². The maximum absolute atomic E-state index is 13.9. The van der Waals surface area contributed by atoms with Gasteiger partial charge < -0.3 is 4.42 Å². The summed E-state index contributed by atoms with van der Waals surface area (Å²) >= 11 is 0. The van der Waals surface area contributed by atoms with Gasteiger partial charge in [-0.15, -0.1) is 10.2 Å². The van der Waals surface area contributed by atoms with E-state index < -0.39 is 0 Å². The lowest BCUT2D eigenvalue weighted by atomic mass is 10.2. The minimum atomic E-state index is -0.356. The Morgan fingerprint density at radius 1 is 1.09 bits per heavy atom. The highest BCUT2D eigenvalue weighted by Gasteiger charge is 2.14. The van der Waals surface area contributed by atoms with Crippen LogP contribution in [0.15, 0.2) is 53.5 Å². The summed E-state index contributed by atoms with van der Waals surface area (Å²) in [7, 11) is 0. The number of nitrogens with zero attached hydrogens (tertiary/aromatic N) is 4. The molecule has 0 saturated carbocycles. The number of aromatic nitrogens is 4. The zero-order valence-electron chi connectivity index (χ0n) is 11.7. The maximum Gasteiger partial charge on any atom is 0.230 e. The summed E-state index contributed by atoms with van der Waals surface area (Å²) in [5, 5.41) is 7.58. The number of oxazole rings is 1. The highest BCUT2D eigenvalue weighted by atomic mass is 19.1. The van der Waals surface area contributed by atoms with Crippen LogP contribution in [-0.4, -0.2) is 19.7 Å². The van der Waals surface area contributed by atoms with E-state index in [1.54, 1.807) is 35.4 Å². The van der Waals surface area contributed by atoms with Crippen molar-refractivity contribution in [3.05, 3.63) is 60.4 Å². The third-order valence-corrected chi connectivity index (χ3v) is 3.48. The minimum absolute atomic E-state index is 0.275. The molecule has 6 heteroatoms. The lowest BCUT2D eigenvalue weighted by Crippen LogP contribution is -1.91. The second-order valence-electron chi connectivity index (χ2n) is 4.98. The molecule has 4 rings (SSSR count). The summed E-state index contributed by atoms with van der Waals surface area (Å²) in [4.78, 5) is 4.41. The number of rotatable bonds is 2. The Morgan fingerprint density at radius 3 is 2.64 bits per heavy atom. The van der Waals surface area contributed by atoms with Gasteiger partial charge in [-0.1, -0.05) is 12.1 Å². The summed E-state index contributed by atoms with van der Waals surface area (Å²) in [6.07, 6.45) is 3.22. The molecule has 2 aromatic heterocycles. The van der Waals surface area contributed by atoms with Crippen molar-refractivity contribution in [2.45, 2.75) is 6.92 Å². The van der Waals surface area contributed by atoms with Gasteiger partial charge in [0.1, 0.15) is 24.0 Å². The van der Waals surface area contributed by atoms with Crippen molar-refractivity contribution in [2.24, 2.45) is 0 Å². The Hall–Kier alpha value is -3.02. The Balaban J connectivity index is 1.91. The van der Waals surface area contributed by atoms with E-state index in [4.69, 9.17) is 4.42 Å². The molecule has 2 aromatic carbocycles. The molecule has 0 radical (unpaired) electrons. The molecule has 22 heavy (non-hydrogen) atoms. The number of benzene rings is 2. The zero-order valence-corrected chi connectivity index (χ0v) is 11.7. The molecule has 0 fully saturated rings. The van der Waals surface area contributed by atoms with Crippen molar-refractivity contribution in [3.63, 3.8) is 0 Å². The van der Waals surface area contributed by atoms with E-state index in [0.29, 0.717) is 16.7 Å². The van der Waals surface area contributed by atoms with Crippen LogP contribution in [0.1, 0.15) is 5.56 Å². The van der Waals surface area contributed by atoms with E-state index >= 15 is 0 Å². The molecule has 0 aliphatic rings. The van der Waals surface area contributed by atoms with Gasteiger partial charge in [-0.3, -0.25) is 4.57 Å². The molecule has 0 aliphatic carbocycles. The zero-order chi connectivity index (χ0) is 15.1. The first kappa shape index (κ1) is 12.7. The summed E-state index contributed by atoms with van der Waals surface area (Å²) in [5.74, 6) is -0.0807. The van der Waals surface area contributed by atoms with Crippen molar-refractivity contribution >= 4 is 11.1 Å². The molecular formula is C16H11FN4O. The van der Waals surface area contributed by atoms with E-state index in [9.17, 15) is 4.39 Å². The average Bonchev–Trinajstić information content (AvgIpc) is 3.17. The Morgan fingerprint density at radius 2 is 1.86 bits per heavy atom. The van der Waals surface area contributed by atoms with Gasteiger partial charge in [0.2, 0.25) is 5.89 Å². The lowest BCUT2D eigenvalue weighted by Gasteiger charge is -2.02. The molecule has 0 atom stereocenters.